The van der Waals surface area contributed by atoms with E-state index in [0.717, 1.165) is 31.6 Å². The van der Waals surface area contributed by atoms with Gasteiger partial charge in [0.2, 0.25) is 0 Å². The van der Waals surface area contributed by atoms with E-state index < -0.39 is 0 Å². The van der Waals surface area contributed by atoms with Gasteiger partial charge in [0.05, 0.1) is 19.6 Å². The fraction of sp³-hybridized carbons (Fsp3) is 0.632. The summed E-state index contributed by atoms with van der Waals surface area (Å²) in [5, 5.41) is 0.695. The Hall–Kier alpha value is -1.10. The van der Waals surface area contributed by atoms with Crippen molar-refractivity contribution in [3.63, 3.8) is 0 Å². The first-order chi connectivity index (χ1) is 11.5. The van der Waals surface area contributed by atoms with Gasteiger partial charge < -0.3 is 14.2 Å². The summed E-state index contributed by atoms with van der Waals surface area (Å²) in [7, 11) is 1.73. The van der Waals surface area contributed by atoms with E-state index in [0.29, 0.717) is 24.7 Å². The zero-order chi connectivity index (χ0) is 17.6. The number of esters is 1. The molecule has 0 aliphatic carbocycles. The van der Waals surface area contributed by atoms with E-state index in [1.165, 1.54) is 5.56 Å². The molecule has 1 fully saturated rings. The zero-order valence-electron chi connectivity index (χ0n) is 14.8. The van der Waals surface area contributed by atoms with Crippen LogP contribution in [0.3, 0.4) is 0 Å². The number of halogens is 1. The second-order valence-corrected chi connectivity index (χ2v) is 6.95. The minimum absolute atomic E-state index is 0.0564. The van der Waals surface area contributed by atoms with Crippen LogP contribution in [0.25, 0.3) is 0 Å². The SMILES string of the molecule is CCOC(=O)C[C@H](C)c1cc(Cl)cc(C2(COC)CCOCC2)c1. The molecule has 134 valence electrons. The van der Waals surface area contributed by atoms with Crippen molar-refractivity contribution in [2.45, 2.75) is 44.4 Å². The number of carbonyl (C=O) groups excluding carboxylic acids is 1. The van der Waals surface area contributed by atoms with Crippen LogP contribution in [0.2, 0.25) is 5.02 Å². The third kappa shape index (κ3) is 4.71. The van der Waals surface area contributed by atoms with Gasteiger partial charge in [0.25, 0.3) is 0 Å². The monoisotopic (exact) mass is 354 g/mol. The summed E-state index contributed by atoms with van der Waals surface area (Å²) >= 11 is 6.38. The highest BCUT2D eigenvalue weighted by molar-refractivity contribution is 6.30. The van der Waals surface area contributed by atoms with Gasteiger partial charge in [-0.15, -0.1) is 0 Å². The van der Waals surface area contributed by atoms with E-state index in [4.69, 9.17) is 25.8 Å². The maximum atomic E-state index is 11.8. The van der Waals surface area contributed by atoms with Gasteiger partial charge in [0.1, 0.15) is 0 Å². The molecule has 1 heterocycles. The van der Waals surface area contributed by atoms with E-state index >= 15 is 0 Å². The van der Waals surface area contributed by atoms with Crippen LogP contribution < -0.4 is 0 Å². The topological polar surface area (TPSA) is 44.8 Å². The molecule has 1 atom stereocenters. The molecular weight excluding hydrogens is 328 g/mol. The van der Waals surface area contributed by atoms with Crippen LogP contribution >= 0.6 is 11.6 Å². The maximum absolute atomic E-state index is 11.8. The second-order valence-electron chi connectivity index (χ2n) is 6.51. The number of rotatable bonds is 7. The molecule has 0 radical (unpaired) electrons. The second kappa shape index (κ2) is 8.84. The van der Waals surface area contributed by atoms with Crippen LogP contribution in [-0.4, -0.2) is 39.5 Å². The summed E-state index contributed by atoms with van der Waals surface area (Å²) in [6.07, 6.45) is 2.17. The van der Waals surface area contributed by atoms with E-state index in [9.17, 15) is 4.79 Å². The van der Waals surface area contributed by atoms with Crippen molar-refractivity contribution in [1.29, 1.82) is 0 Å². The fourth-order valence-corrected chi connectivity index (χ4v) is 3.59. The highest BCUT2D eigenvalue weighted by Crippen LogP contribution is 2.38. The summed E-state index contributed by atoms with van der Waals surface area (Å²) < 4.78 is 16.1. The molecule has 0 amide bonds. The largest absolute Gasteiger partial charge is 0.466 e. The van der Waals surface area contributed by atoms with Crippen molar-refractivity contribution in [3.05, 3.63) is 34.3 Å². The van der Waals surface area contributed by atoms with Crippen molar-refractivity contribution in [3.8, 4) is 0 Å². The molecule has 0 bridgehead atoms. The lowest BCUT2D eigenvalue weighted by atomic mass is 9.74. The lowest BCUT2D eigenvalue weighted by Gasteiger charge is -2.37. The van der Waals surface area contributed by atoms with Crippen molar-refractivity contribution in [2.75, 3.05) is 33.5 Å². The average molecular weight is 355 g/mol. The molecule has 1 aromatic carbocycles. The molecule has 1 aliphatic rings. The van der Waals surface area contributed by atoms with Crippen molar-refractivity contribution in [2.24, 2.45) is 0 Å². The molecule has 1 aliphatic heterocycles. The first kappa shape index (κ1) is 19.2. The van der Waals surface area contributed by atoms with E-state index in [-0.39, 0.29) is 17.3 Å². The molecule has 1 aromatic rings. The summed E-state index contributed by atoms with van der Waals surface area (Å²) in [6, 6.07) is 6.13. The normalized spacial score (nSPS) is 18.2. The highest BCUT2D eigenvalue weighted by atomic mass is 35.5. The highest BCUT2D eigenvalue weighted by Gasteiger charge is 2.35. The standard InChI is InChI=1S/C19H27ClO4/c1-4-24-18(21)9-14(2)15-10-16(12-17(20)11-15)19(13-22-3)5-7-23-8-6-19/h10-12,14H,4-9,13H2,1-3H3/t14-/m0/s1. The quantitative estimate of drug-likeness (QED) is 0.692. The van der Waals surface area contributed by atoms with Crippen LogP contribution in [0.4, 0.5) is 0 Å². The van der Waals surface area contributed by atoms with Crippen LogP contribution in [0.5, 0.6) is 0 Å². The van der Waals surface area contributed by atoms with E-state index in [2.05, 4.69) is 6.07 Å². The molecule has 2 rings (SSSR count). The third-order valence-corrected chi connectivity index (χ3v) is 4.97. The molecular formula is C19H27ClO4. The summed E-state index contributed by atoms with van der Waals surface area (Å²) in [5.74, 6) is -0.120. The van der Waals surface area contributed by atoms with Gasteiger partial charge in [0, 0.05) is 30.8 Å². The molecule has 0 N–H and O–H groups in total. The van der Waals surface area contributed by atoms with Crippen LogP contribution in [-0.2, 0) is 24.4 Å². The number of methoxy groups -OCH3 is 1. The Labute approximate surface area is 149 Å². The Morgan fingerprint density at radius 1 is 1.33 bits per heavy atom. The van der Waals surface area contributed by atoms with E-state index in [1.54, 1.807) is 7.11 Å². The Balaban J connectivity index is 2.27. The van der Waals surface area contributed by atoms with Crippen molar-refractivity contribution >= 4 is 17.6 Å². The smallest absolute Gasteiger partial charge is 0.306 e. The molecule has 24 heavy (non-hydrogen) atoms. The lowest BCUT2D eigenvalue weighted by molar-refractivity contribution is -0.143. The Morgan fingerprint density at radius 2 is 2.04 bits per heavy atom. The van der Waals surface area contributed by atoms with Gasteiger partial charge in [-0.1, -0.05) is 24.6 Å². The Bertz CT molecular complexity index is 547. The van der Waals surface area contributed by atoms with Crippen LogP contribution in [0.1, 0.15) is 50.2 Å². The minimum atomic E-state index is -0.177. The van der Waals surface area contributed by atoms with Gasteiger partial charge in [-0.05, 0) is 48.9 Å². The lowest BCUT2D eigenvalue weighted by Crippen LogP contribution is -2.38. The zero-order valence-corrected chi connectivity index (χ0v) is 15.5. The van der Waals surface area contributed by atoms with E-state index in [1.807, 2.05) is 26.0 Å². The maximum Gasteiger partial charge on any atom is 0.306 e. The van der Waals surface area contributed by atoms with Crippen LogP contribution in [0.15, 0.2) is 18.2 Å². The number of benzene rings is 1. The summed E-state index contributed by atoms with van der Waals surface area (Å²) in [4.78, 5) is 11.8. The number of hydrogen-bond donors (Lipinski definition) is 0. The number of carbonyl (C=O) groups is 1. The first-order valence-electron chi connectivity index (χ1n) is 8.54. The van der Waals surface area contributed by atoms with Crippen molar-refractivity contribution < 1.29 is 19.0 Å². The van der Waals surface area contributed by atoms with Gasteiger partial charge in [0.15, 0.2) is 0 Å². The fourth-order valence-electron chi connectivity index (χ4n) is 3.35. The molecule has 1 saturated heterocycles. The number of ether oxygens (including phenoxy) is 3. The molecule has 0 saturated carbocycles. The van der Waals surface area contributed by atoms with Gasteiger partial charge in [-0.25, -0.2) is 0 Å². The predicted molar refractivity (Wildman–Crippen MR) is 94.7 cm³/mol. The van der Waals surface area contributed by atoms with Gasteiger partial charge in [-0.2, -0.15) is 0 Å². The summed E-state index contributed by atoms with van der Waals surface area (Å²) in [6.45, 7) is 6.35. The first-order valence-corrected chi connectivity index (χ1v) is 8.92. The molecule has 0 unspecified atom stereocenters. The number of hydrogen-bond acceptors (Lipinski definition) is 4. The molecule has 0 aromatic heterocycles. The van der Waals surface area contributed by atoms with Gasteiger partial charge in [-0.3, -0.25) is 4.79 Å². The average Bonchev–Trinajstić information content (AvgIpc) is 2.55. The van der Waals surface area contributed by atoms with Crippen molar-refractivity contribution in [1.82, 2.24) is 0 Å². The Morgan fingerprint density at radius 3 is 2.67 bits per heavy atom. The predicted octanol–water partition coefficient (Wildman–Crippen LogP) is 4.09. The third-order valence-electron chi connectivity index (χ3n) is 4.75. The minimum Gasteiger partial charge on any atom is -0.466 e. The van der Waals surface area contributed by atoms with Gasteiger partial charge >= 0.3 is 5.97 Å². The molecule has 0 spiro atoms. The Kier molecular flexibility index (Phi) is 7.08. The molecule has 4 nitrogen and oxygen atoms in total. The van der Waals surface area contributed by atoms with Crippen LogP contribution in [0, 0.1) is 0 Å². The summed E-state index contributed by atoms with van der Waals surface area (Å²) in [5.41, 5.74) is 2.16. The molecule has 5 heteroatoms.